The number of fused-ring (bicyclic) bond motifs is 1. The summed E-state index contributed by atoms with van der Waals surface area (Å²) in [7, 11) is 0. The largest absolute Gasteiger partial charge is 0.271 e. The molecular weight excluding hydrogens is 244 g/mol. The zero-order valence-electron chi connectivity index (χ0n) is 9.78. The van der Waals surface area contributed by atoms with Gasteiger partial charge in [-0.05, 0) is 40.9 Å². The first kappa shape index (κ1) is 11.4. The van der Waals surface area contributed by atoms with Crippen molar-refractivity contribution in [2.75, 3.05) is 0 Å². The monoisotopic (exact) mass is 258 g/mol. The Morgan fingerprint density at radius 3 is 3.11 bits per heavy atom. The summed E-state index contributed by atoms with van der Waals surface area (Å²) in [5.41, 5.74) is 6.40. The van der Waals surface area contributed by atoms with Crippen molar-refractivity contribution in [1.82, 2.24) is 15.0 Å². The second kappa shape index (κ2) is 4.89. The van der Waals surface area contributed by atoms with Gasteiger partial charge in [0.15, 0.2) is 0 Å². The average molecular weight is 258 g/mol. The maximum absolute atomic E-state index is 5.69. The molecule has 0 bridgehead atoms. The molecule has 4 nitrogen and oxygen atoms in total. The summed E-state index contributed by atoms with van der Waals surface area (Å²) in [5, 5.41) is 8.57. The van der Waals surface area contributed by atoms with Crippen molar-refractivity contribution in [3.8, 4) is 0 Å². The van der Waals surface area contributed by atoms with Gasteiger partial charge in [-0.1, -0.05) is 6.07 Å². The van der Waals surface area contributed by atoms with Gasteiger partial charge in [-0.15, -0.1) is 0 Å². The van der Waals surface area contributed by atoms with Gasteiger partial charge >= 0.3 is 0 Å². The van der Waals surface area contributed by atoms with Crippen LogP contribution in [0.25, 0.3) is 5.52 Å². The number of nitrogens with zero attached hydrogens (tertiary/aromatic N) is 2. The van der Waals surface area contributed by atoms with Gasteiger partial charge in [0.25, 0.3) is 0 Å². The van der Waals surface area contributed by atoms with E-state index in [-0.39, 0.29) is 6.04 Å². The van der Waals surface area contributed by atoms with Crippen LogP contribution in [0.5, 0.6) is 0 Å². The Kier molecular flexibility index (Phi) is 3.10. The number of pyridine rings is 1. The van der Waals surface area contributed by atoms with Crippen molar-refractivity contribution in [1.29, 1.82) is 0 Å². The highest BCUT2D eigenvalue weighted by atomic mass is 32.1. The van der Waals surface area contributed by atoms with E-state index in [2.05, 4.69) is 33.4 Å². The van der Waals surface area contributed by atoms with E-state index in [9.17, 15) is 0 Å². The molecule has 1 unspecified atom stereocenters. The molecule has 18 heavy (non-hydrogen) atoms. The molecule has 1 atom stereocenters. The molecule has 3 rings (SSSR count). The van der Waals surface area contributed by atoms with Crippen LogP contribution in [-0.2, 0) is 6.42 Å². The summed E-state index contributed by atoms with van der Waals surface area (Å²) >= 11 is 1.70. The number of thiophene rings is 1. The molecule has 3 N–H and O–H groups in total. The fourth-order valence-electron chi connectivity index (χ4n) is 2.13. The maximum atomic E-state index is 5.69. The molecule has 0 spiro atoms. The highest BCUT2D eigenvalue weighted by molar-refractivity contribution is 7.07. The standard InChI is InChI=1S/C13H14N4S/c14-16-12(7-10-4-6-18-9-10)11-8-15-17-5-2-1-3-13(11)17/h1-6,8-9,12,16H,7,14H2. The number of hydrogen-bond acceptors (Lipinski definition) is 4. The second-order valence-corrected chi connectivity index (χ2v) is 4.97. The van der Waals surface area contributed by atoms with E-state index in [4.69, 9.17) is 5.84 Å². The van der Waals surface area contributed by atoms with Crippen LogP contribution in [0, 0.1) is 0 Å². The predicted molar refractivity (Wildman–Crippen MR) is 73.3 cm³/mol. The Morgan fingerprint density at radius 1 is 1.39 bits per heavy atom. The van der Waals surface area contributed by atoms with Gasteiger partial charge in [-0.2, -0.15) is 16.4 Å². The number of hydrazine groups is 1. The summed E-state index contributed by atoms with van der Waals surface area (Å²) in [6.07, 6.45) is 4.69. The van der Waals surface area contributed by atoms with Gasteiger partial charge < -0.3 is 0 Å². The first-order valence-electron chi connectivity index (χ1n) is 5.78. The molecule has 0 aromatic carbocycles. The molecule has 3 heterocycles. The number of hydrogen-bond donors (Lipinski definition) is 2. The van der Waals surface area contributed by atoms with Crippen LogP contribution < -0.4 is 11.3 Å². The van der Waals surface area contributed by atoms with Crippen LogP contribution in [-0.4, -0.2) is 9.61 Å². The van der Waals surface area contributed by atoms with E-state index in [1.54, 1.807) is 11.3 Å². The zero-order valence-corrected chi connectivity index (χ0v) is 10.6. The Labute approximate surface area is 109 Å². The lowest BCUT2D eigenvalue weighted by atomic mass is 10.0. The fourth-order valence-corrected chi connectivity index (χ4v) is 2.81. The summed E-state index contributed by atoms with van der Waals surface area (Å²) < 4.78 is 1.87. The summed E-state index contributed by atoms with van der Waals surface area (Å²) in [6.45, 7) is 0. The molecule has 0 aliphatic heterocycles. The first-order chi connectivity index (χ1) is 8.88. The molecule has 3 aromatic rings. The molecule has 0 aliphatic carbocycles. The minimum Gasteiger partial charge on any atom is -0.271 e. The van der Waals surface area contributed by atoms with Crippen molar-refractivity contribution in [2.45, 2.75) is 12.5 Å². The number of rotatable bonds is 4. The highest BCUT2D eigenvalue weighted by Crippen LogP contribution is 2.22. The van der Waals surface area contributed by atoms with Gasteiger partial charge in [-0.25, -0.2) is 4.52 Å². The van der Waals surface area contributed by atoms with Crippen molar-refractivity contribution < 1.29 is 0 Å². The van der Waals surface area contributed by atoms with Crippen molar-refractivity contribution >= 4 is 16.9 Å². The lowest BCUT2D eigenvalue weighted by Crippen LogP contribution is -2.29. The zero-order chi connectivity index (χ0) is 12.4. The van der Waals surface area contributed by atoms with Gasteiger partial charge in [0.1, 0.15) is 0 Å². The fraction of sp³-hybridized carbons (Fsp3) is 0.154. The molecule has 5 heteroatoms. The topological polar surface area (TPSA) is 55.3 Å². The van der Waals surface area contributed by atoms with Crippen LogP contribution in [0.15, 0.2) is 47.4 Å². The third-order valence-corrected chi connectivity index (χ3v) is 3.78. The SMILES string of the molecule is NNC(Cc1ccsc1)c1cnn2ccccc12. The third kappa shape index (κ3) is 2.03. The van der Waals surface area contributed by atoms with Gasteiger partial charge in [0.05, 0.1) is 17.8 Å². The van der Waals surface area contributed by atoms with E-state index in [1.165, 1.54) is 5.56 Å². The van der Waals surface area contributed by atoms with Gasteiger partial charge in [0, 0.05) is 11.8 Å². The second-order valence-electron chi connectivity index (χ2n) is 4.19. The summed E-state index contributed by atoms with van der Waals surface area (Å²) in [4.78, 5) is 0. The highest BCUT2D eigenvalue weighted by Gasteiger charge is 2.15. The molecule has 0 fully saturated rings. The molecular formula is C13H14N4S. The van der Waals surface area contributed by atoms with Gasteiger partial charge in [0.2, 0.25) is 0 Å². The maximum Gasteiger partial charge on any atom is 0.0710 e. The quantitative estimate of drug-likeness (QED) is 0.557. The van der Waals surface area contributed by atoms with Gasteiger partial charge in [-0.3, -0.25) is 11.3 Å². The molecule has 0 radical (unpaired) electrons. The van der Waals surface area contributed by atoms with Crippen LogP contribution in [0.1, 0.15) is 17.2 Å². The number of aromatic nitrogens is 2. The third-order valence-electron chi connectivity index (χ3n) is 3.05. The first-order valence-corrected chi connectivity index (χ1v) is 6.72. The van der Waals surface area contributed by atoms with Crippen LogP contribution in [0.4, 0.5) is 0 Å². The van der Waals surface area contributed by atoms with Crippen molar-refractivity contribution in [3.05, 3.63) is 58.5 Å². The average Bonchev–Trinajstić information content (AvgIpc) is 3.05. The summed E-state index contributed by atoms with van der Waals surface area (Å²) in [6, 6.07) is 8.24. The van der Waals surface area contributed by atoms with E-state index < -0.39 is 0 Å². The molecule has 0 saturated carbocycles. The Balaban J connectivity index is 1.96. The lowest BCUT2D eigenvalue weighted by Gasteiger charge is -2.14. The van der Waals surface area contributed by atoms with E-state index >= 15 is 0 Å². The molecule has 3 aromatic heterocycles. The van der Waals surface area contributed by atoms with E-state index in [0.717, 1.165) is 17.5 Å². The Hall–Kier alpha value is -1.69. The Morgan fingerprint density at radius 2 is 2.33 bits per heavy atom. The van der Waals surface area contributed by atoms with E-state index in [1.807, 2.05) is 29.0 Å². The number of nitrogens with two attached hydrogens (primary N) is 1. The van der Waals surface area contributed by atoms with Crippen molar-refractivity contribution in [2.24, 2.45) is 5.84 Å². The van der Waals surface area contributed by atoms with Crippen molar-refractivity contribution in [3.63, 3.8) is 0 Å². The number of nitrogens with one attached hydrogen (secondary N) is 1. The normalized spacial score (nSPS) is 12.9. The minimum absolute atomic E-state index is 0.0829. The molecule has 92 valence electrons. The Bertz CT molecular complexity index is 629. The summed E-state index contributed by atoms with van der Waals surface area (Å²) in [5.74, 6) is 5.69. The molecule has 0 saturated heterocycles. The minimum atomic E-state index is 0.0829. The van der Waals surface area contributed by atoms with Crippen LogP contribution >= 0.6 is 11.3 Å². The molecule has 0 amide bonds. The smallest absolute Gasteiger partial charge is 0.0710 e. The predicted octanol–water partition coefficient (Wildman–Crippen LogP) is 2.14. The lowest BCUT2D eigenvalue weighted by molar-refractivity contribution is 0.556. The van der Waals surface area contributed by atoms with Crippen LogP contribution in [0.2, 0.25) is 0 Å². The molecule has 0 aliphatic rings. The van der Waals surface area contributed by atoms with Crippen LogP contribution in [0.3, 0.4) is 0 Å². The van der Waals surface area contributed by atoms with E-state index in [0.29, 0.717) is 0 Å².